The quantitative estimate of drug-likeness (QED) is 0.500. The van der Waals surface area contributed by atoms with E-state index in [9.17, 15) is 0 Å². The van der Waals surface area contributed by atoms with E-state index in [-0.39, 0.29) is 0 Å². The Morgan fingerprint density at radius 2 is 1.17 bits per heavy atom. The molecule has 6 heteroatoms. The van der Waals surface area contributed by atoms with Crippen molar-refractivity contribution >= 4 is 16.6 Å². The van der Waals surface area contributed by atoms with Gasteiger partial charge in [-0.05, 0) is 51.1 Å². The van der Waals surface area contributed by atoms with E-state index < -0.39 is 22.4 Å². The highest BCUT2D eigenvalue weighted by Crippen LogP contribution is 2.37. The first-order valence-corrected chi connectivity index (χ1v) is 13.3. The summed E-state index contributed by atoms with van der Waals surface area (Å²) >= 11 is 0. The molecule has 2 fully saturated rings. The van der Waals surface area contributed by atoms with Gasteiger partial charge in [-0.2, -0.15) is 0 Å². The molecule has 106 valence electrons. The van der Waals surface area contributed by atoms with Gasteiger partial charge in [0.2, 0.25) is 22.4 Å². The van der Waals surface area contributed by atoms with Crippen LogP contribution in [0.1, 0.15) is 32.1 Å². The highest BCUT2D eigenvalue weighted by molar-refractivity contribution is 6.76. The predicted molar refractivity (Wildman–Crippen MR) is 74.7 cm³/mol. The summed E-state index contributed by atoms with van der Waals surface area (Å²) in [5, 5.41) is 0. The minimum atomic E-state index is -1.75. The van der Waals surface area contributed by atoms with Crippen LogP contribution in [-0.4, -0.2) is 22.4 Å². The van der Waals surface area contributed by atoms with Crippen molar-refractivity contribution in [3.05, 3.63) is 0 Å². The van der Waals surface area contributed by atoms with Gasteiger partial charge in [0.15, 0.2) is 0 Å². The fraction of sp³-hybridized carbons (Fsp3) is 1.00. The van der Waals surface area contributed by atoms with Crippen LogP contribution in [0.2, 0.25) is 38.3 Å². The Bertz CT molecular complexity index is 266. The molecule has 1 saturated carbocycles. The second-order valence-electron chi connectivity index (χ2n) is 6.82. The molecule has 0 N–H and O–H groups in total. The van der Waals surface area contributed by atoms with E-state index in [1.54, 1.807) is 0 Å². The van der Waals surface area contributed by atoms with Crippen LogP contribution in [0.4, 0.5) is 0 Å². The maximum absolute atomic E-state index is 5.79. The lowest BCUT2D eigenvalue weighted by Crippen LogP contribution is -2.43. The summed E-state index contributed by atoms with van der Waals surface area (Å²) in [5.41, 5.74) is 0. The van der Waals surface area contributed by atoms with E-state index in [2.05, 4.69) is 26.2 Å². The van der Waals surface area contributed by atoms with E-state index in [0.29, 0.717) is 0 Å². The Labute approximate surface area is 112 Å². The summed E-state index contributed by atoms with van der Waals surface area (Å²) in [7, 11) is -3.50. The third-order valence-electron chi connectivity index (χ3n) is 3.78. The molecule has 1 saturated heterocycles. The van der Waals surface area contributed by atoms with E-state index in [0.717, 1.165) is 37.8 Å². The molecule has 0 radical (unpaired) electrons. The summed E-state index contributed by atoms with van der Waals surface area (Å²) in [6.07, 6.45) is 5.24. The van der Waals surface area contributed by atoms with Crippen molar-refractivity contribution in [2.24, 2.45) is 0 Å². The highest BCUT2D eigenvalue weighted by atomic mass is 28.4. The van der Waals surface area contributed by atoms with E-state index in [1.807, 2.05) is 0 Å². The molecule has 0 amide bonds. The lowest BCUT2D eigenvalue weighted by molar-refractivity contribution is -0.471. The zero-order valence-corrected chi connectivity index (χ0v) is 14.1. The third-order valence-corrected chi connectivity index (χ3v) is 8.26. The van der Waals surface area contributed by atoms with E-state index in [1.165, 1.54) is 6.42 Å². The average Bonchev–Trinajstić information content (AvgIpc) is 2.37. The van der Waals surface area contributed by atoms with Gasteiger partial charge in [0.25, 0.3) is 0 Å². The molecule has 0 aromatic heterocycles. The number of hydrogen-bond donors (Lipinski definition) is 0. The van der Waals surface area contributed by atoms with Crippen LogP contribution in [-0.2, 0) is 18.9 Å². The van der Waals surface area contributed by atoms with E-state index >= 15 is 0 Å². The predicted octanol–water partition coefficient (Wildman–Crippen LogP) is 3.97. The van der Waals surface area contributed by atoms with Gasteiger partial charge in [-0.3, -0.25) is 9.15 Å². The minimum absolute atomic E-state index is 0.642. The van der Waals surface area contributed by atoms with Gasteiger partial charge in [0.1, 0.15) is 0 Å². The molecular weight excluding hydrogens is 264 g/mol. The first-order valence-electron chi connectivity index (χ1n) is 7.06. The van der Waals surface area contributed by atoms with Crippen molar-refractivity contribution in [3.8, 4) is 0 Å². The summed E-state index contributed by atoms with van der Waals surface area (Å²) in [5.74, 6) is -0.642. The molecule has 1 aliphatic carbocycles. The van der Waals surface area contributed by atoms with Crippen molar-refractivity contribution < 1.29 is 18.9 Å². The van der Waals surface area contributed by atoms with Crippen LogP contribution in [0, 0.1) is 0 Å². The van der Waals surface area contributed by atoms with Crippen LogP contribution < -0.4 is 0 Å². The van der Waals surface area contributed by atoms with Crippen molar-refractivity contribution in [3.63, 3.8) is 0 Å². The molecule has 0 atom stereocenters. The molecule has 0 aromatic rings. The number of hydrogen-bond acceptors (Lipinski definition) is 4. The number of rotatable bonds is 0. The Hall–Kier alpha value is 0.274. The van der Waals surface area contributed by atoms with Crippen molar-refractivity contribution in [1.29, 1.82) is 0 Å². The maximum atomic E-state index is 5.79. The molecule has 1 aliphatic heterocycles. The van der Waals surface area contributed by atoms with Crippen LogP contribution in [0.3, 0.4) is 0 Å². The standard InChI is InChI=1S/C12H26O4Si2/c1-17(2)10-11-18(3,4)16-14-12(13-15-17)8-6-5-7-9-12/h5-11H2,1-4H3. The van der Waals surface area contributed by atoms with Gasteiger partial charge in [-0.1, -0.05) is 6.42 Å². The minimum Gasteiger partial charge on any atom is -0.284 e. The van der Waals surface area contributed by atoms with Gasteiger partial charge in [0, 0.05) is 12.8 Å². The van der Waals surface area contributed by atoms with Crippen molar-refractivity contribution in [2.75, 3.05) is 0 Å². The Balaban J connectivity index is 2.12. The molecular formula is C12H26O4Si2. The van der Waals surface area contributed by atoms with Gasteiger partial charge in [0.05, 0.1) is 0 Å². The Kier molecular flexibility index (Phi) is 4.35. The summed E-state index contributed by atoms with van der Waals surface area (Å²) in [6.45, 7) is 8.83. The summed E-state index contributed by atoms with van der Waals surface area (Å²) in [6, 6.07) is 2.15. The second-order valence-corrected chi connectivity index (χ2v) is 15.2. The third kappa shape index (κ3) is 3.88. The molecule has 1 heterocycles. The van der Waals surface area contributed by atoms with Gasteiger partial charge < -0.3 is 0 Å². The van der Waals surface area contributed by atoms with Crippen LogP contribution in [0.5, 0.6) is 0 Å². The fourth-order valence-corrected chi connectivity index (χ4v) is 8.07. The second kappa shape index (κ2) is 5.34. The largest absolute Gasteiger partial charge is 0.284 e. The smallest absolute Gasteiger partial charge is 0.233 e. The molecule has 1 spiro atoms. The van der Waals surface area contributed by atoms with E-state index in [4.69, 9.17) is 18.9 Å². The molecule has 0 bridgehead atoms. The summed E-state index contributed by atoms with van der Waals surface area (Å²) < 4.78 is 11.6. The van der Waals surface area contributed by atoms with Gasteiger partial charge in [-0.15, -0.1) is 0 Å². The van der Waals surface area contributed by atoms with Gasteiger partial charge in [-0.25, -0.2) is 9.78 Å². The fourth-order valence-electron chi connectivity index (χ4n) is 2.33. The first kappa shape index (κ1) is 14.7. The first-order chi connectivity index (χ1) is 8.33. The maximum Gasteiger partial charge on any atom is 0.233 e. The molecule has 2 aliphatic rings. The Morgan fingerprint density at radius 1 is 0.722 bits per heavy atom. The molecule has 4 nitrogen and oxygen atoms in total. The van der Waals surface area contributed by atoms with Crippen molar-refractivity contribution in [2.45, 2.75) is 76.2 Å². The average molecular weight is 291 g/mol. The SMILES string of the molecule is C[Si]1(C)CC[Si](C)(C)OOC2(CCCCC2)OO1. The zero-order chi connectivity index (χ0) is 13.3. The molecule has 0 unspecified atom stereocenters. The van der Waals surface area contributed by atoms with Crippen LogP contribution in [0.15, 0.2) is 0 Å². The lowest BCUT2D eigenvalue weighted by atomic mass is 9.94. The van der Waals surface area contributed by atoms with Gasteiger partial charge >= 0.3 is 0 Å². The molecule has 18 heavy (non-hydrogen) atoms. The highest BCUT2D eigenvalue weighted by Gasteiger charge is 2.43. The topological polar surface area (TPSA) is 36.9 Å². The van der Waals surface area contributed by atoms with Crippen LogP contribution in [0.25, 0.3) is 0 Å². The normalized spacial score (nSPS) is 31.3. The van der Waals surface area contributed by atoms with Crippen molar-refractivity contribution in [1.82, 2.24) is 0 Å². The van der Waals surface area contributed by atoms with Crippen LogP contribution >= 0.6 is 0 Å². The monoisotopic (exact) mass is 290 g/mol. The molecule has 0 aromatic carbocycles. The lowest BCUT2D eigenvalue weighted by Gasteiger charge is -2.36. The summed E-state index contributed by atoms with van der Waals surface area (Å²) in [4.78, 5) is 11.5. The Morgan fingerprint density at radius 3 is 1.61 bits per heavy atom. The zero-order valence-electron chi connectivity index (χ0n) is 12.1. The molecule has 2 rings (SSSR count).